The third kappa shape index (κ3) is 5.17. The summed E-state index contributed by atoms with van der Waals surface area (Å²) in [5, 5.41) is 21.7. The van der Waals surface area contributed by atoms with E-state index in [0.29, 0.717) is 0 Å². The normalized spacial score (nSPS) is 10.3. The van der Waals surface area contributed by atoms with Gasteiger partial charge in [-0.3, -0.25) is 20.2 Å². The summed E-state index contributed by atoms with van der Waals surface area (Å²) in [5.74, 6) is -1.83. The van der Waals surface area contributed by atoms with Gasteiger partial charge in [0.2, 0.25) is 0 Å². The molecular formula is C20H10Cl2N2O8. The number of carbonyl (C=O) groups excluding carboxylic acids is 2. The number of halogens is 2. The minimum atomic E-state index is -0.901. The maximum Gasteiger partial charge on any atom is 0.343 e. The van der Waals surface area contributed by atoms with Crippen molar-refractivity contribution in [3.63, 3.8) is 0 Å². The van der Waals surface area contributed by atoms with E-state index in [1.165, 1.54) is 48.5 Å². The second-order valence-electron chi connectivity index (χ2n) is 6.10. The van der Waals surface area contributed by atoms with Crippen LogP contribution in [0.25, 0.3) is 0 Å². The Bertz CT molecular complexity index is 1170. The molecule has 0 saturated carbocycles. The number of carbonyl (C=O) groups is 2. The molecule has 0 aliphatic carbocycles. The fourth-order valence-corrected chi connectivity index (χ4v) is 2.87. The highest BCUT2D eigenvalue weighted by molar-refractivity contribution is 6.33. The van der Waals surface area contributed by atoms with Crippen molar-refractivity contribution in [3.05, 3.63) is 102 Å². The fourth-order valence-electron chi connectivity index (χ4n) is 2.49. The van der Waals surface area contributed by atoms with Gasteiger partial charge in [0.1, 0.15) is 21.5 Å². The smallest absolute Gasteiger partial charge is 0.343 e. The Labute approximate surface area is 189 Å². The average molecular weight is 477 g/mol. The predicted octanol–water partition coefficient (Wildman–Crippen LogP) is 5.25. The number of benzene rings is 3. The van der Waals surface area contributed by atoms with E-state index in [2.05, 4.69) is 0 Å². The van der Waals surface area contributed by atoms with Gasteiger partial charge in [-0.05, 0) is 36.4 Å². The van der Waals surface area contributed by atoms with E-state index in [1.807, 2.05) is 0 Å². The van der Waals surface area contributed by atoms with Crippen LogP contribution in [0.1, 0.15) is 20.7 Å². The Kier molecular flexibility index (Phi) is 6.67. The average Bonchev–Trinajstić information content (AvgIpc) is 2.74. The Hall–Kier alpha value is -4.02. The first kappa shape index (κ1) is 22.7. The zero-order valence-electron chi connectivity index (χ0n) is 15.7. The lowest BCUT2D eigenvalue weighted by Crippen LogP contribution is -2.11. The lowest BCUT2D eigenvalue weighted by Gasteiger charge is -2.08. The summed E-state index contributed by atoms with van der Waals surface area (Å²) >= 11 is 11.4. The predicted molar refractivity (Wildman–Crippen MR) is 113 cm³/mol. The Morgan fingerprint density at radius 2 is 1.09 bits per heavy atom. The van der Waals surface area contributed by atoms with Crippen LogP contribution in [0.5, 0.6) is 11.5 Å². The molecule has 0 saturated heterocycles. The molecule has 0 heterocycles. The van der Waals surface area contributed by atoms with Gasteiger partial charge in [-0.25, -0.2) is 9.59 Å². The van der Waals surface area contributed by atoms with E-state index in [1.54, 1.807) is 0 Å². The van der Waals surface area contributed by atoms with Gasteiger partial charge in [-0.2, -0.15) is 0 Å². The highest BCUT2D eigenvalue weighted by Gasteiger charge is 2.19. The van der Waals surface area contributed by atoms with Gasteiger partial charge in [0.15, 0.2) is 0 Å². The molecule has 3 rings (SSSR count). The number of ether oxygens (including phenoxy) is 2. The second kappa shape index (κ2) is 9.41. The third-order valence-electron chi connectivity index (χ3n) is 3.98. The van der Waals surface area contributed by atoms with Crippen molar-refractivity contribution in [1.29, 1.82) is 0 Å². The SMILES string of the molecule is O=C(Oc1cccc(OC(=O)c2ccc(Cl)c([N+](=O)[O-])c2)c1)c1ccc(Cl)c([N+](=O)[O-])c1. The summed E-state index contributed by atoms with van der Waals surface area (Å²) in [7, 11) is 0. The molecule has 12 heteroatoms. The number of esters is 2. The molecule has 162 valence electrons. The monoisotopic (exact) mass is 476 g/mol. The van der Waals surface area contributed by atoms with Gasteiger partial charge < -0.3 is 9.47 Å². The molecule has 0 aliphatic rings. The van der Waals surface area contributed by atoms with E-state index in [0.717, 1.165) is 12.1 Å². The van der Waals surface area contributed by atoms with Crippen molar-refractivity contribution in [3.8, 4) is 11.5 Å². The number of nitro benzene ring substituents is 2. The molecule has 0 bridgehead atoms. The summed E-state index contributed by atoms with van der Waals surface area (Å²) < 4.78 is 10.3. The molecule has 0 aromatic heterocycles. The van der Waals surface area contributed by atoms with E-state index >= 15 is 0 Å². The maximum absolute atomic E-state index is 12.3. The number of rotatable bonds is 6. The van der Waals surface area contributed by atoms with Crippen molar-refractivity contribution in [2.75, 3.05) is 0 Å². The van der Waals surface area contributed by atoms with Crippen LogP contribution in [0.15, 0.2) is 60.7 Å². The number of nitro groups is 2. The van der Waals surface area contributed by atoms with Crippen LogP contribution in [0.2, 0.25) is 10.0 Å². The zero-order chi connectivity index (χ0) is 23.4. The molecule has 0 N–H and O–H groups in total. The van der Waals surface area contributed by atoms with Crippen molar-refractivity contribution < 1.29 is 28.9 Å². The molecule has 3 aromatic carbocycles. The van der Waals surface area contributed by atoms with Gasteiger partial charge in [-0.1, -0.05) is 29.3 Å². The fraction of sp³-hybridized carbons (Fsp3) is 0. The standard InChI is InChI=1S/C20H10Cl2N2O8/c21-15-6-4-11(8-17(15)23(27)28)19(25)31-13-2-1-3-14(10-13)32-20(26)12-5-7-16(22)18(9-12)24(29)30/h1-10H. The summed E-state index contributed by atoms with van der Waals surface area (Å²) in [6.07, 6.45) is 0. The Morgan fingerprint density at radius 1 is 0.688 bits per heavy atom. The van der Waals surface area contributed by atoms with E-state index < -0.39 is 33.2 Å². The summed E-state index contributed by atoms with van der Waals surface area (Å²) in [5.41, 5.74) is -1.14. The number of hydrogen-bond acceptors (Lipinski definition) is 8. The first-order valence-corrected chi connectivity index (χ1v) is 9.33. The quantitative estimate of drug-likeness (QED) is 0.203. The van der Waals surface area contributed by atoms with Crippen LogP contribution in [0, 0.1) is 20.2 Å². The third-order valence-corrected chi connectivity index (χ3v) is 4.62. The molecule has 0 unspecified atom stereocenters. The molecular weight excluding hydrogens is 467 g/mol. The van der Waals surface area contributed by atoms with Gasteiger partial charge in [0, 0.05) is 18.2 Å². The van der Waals surface area contributed by atoms with Crippen molar-refractivity contribution in [2.24, 2.45) is 0 Å². The highest BCUT2D eigenvalue weighted by Crippen LogP contribution is 2.28. The van der Waals surface area contributed by atoms with Gasteiger partial charge in [-0.15, -0.1) is 0 Å². The topological polar surface area (TPSA) is 139 Å². The lowest BCUT2D eigenvalue weighted by atomic mass is 10.2. The number of nitrogens with zero attached hydrogens (tertiary/aromatic N) is 2. The van der Waals surface area contributed by atoms with Gasteiger partial charge in [0.25, 0.3) is 11.4 Å². The molecule has 32 heavy (non-hydrogen) atoms. The summed E-state index contributed by atoms with van der Waals surface area (Å²) in [4.78, 5) is 45.1. The van der Waals surface area contributed by atoms with Crippen LogP contribution in [0.4, 0.5) is 11.4 Å². The first-order valence-electron chi connectivity index (χ1n) is 8.58. The van der Waals surface area contributed by atoms with Crippen LogP contribution in [-0.2, 0) is 0 Å². The van der Waals surface area contributed by atoms with Crippen LogP contribution < -0.4 is 9.47 Å². The van der Waals surface area contributed by atoms with Crippen LogP contribution >= 0.6 is 23.2 Å². The first-order chi connectivity index (χ1) is 15.2. The molecule has 10 nitrogen and oxygen atoms in total. The van der Waals surface area contributed by atoms with Gasteiger partial charge in [0.05, 0.1) is 21.0 Å². The Balaban J connectivity index is 1.76. The Morgan fingerprint density at radius 3 is 1.47 bits per heavy atom. The molecule has 0 amide bonds. The van der Waals surface area contributed by atoms with Crippen LogP contribution in [-0.4, -0.2) is 21.8 Å². The molecule has 3 aromatic rings. The number of hydrogen-bond donors (Lipinski definition) is 0. The van der Waals surface area contributed by atoms with E-state index in [9.17, 15) is 29.8 Å². The summed E-state index contributed by atoms with van der Waals surface area (Å²) in [6.45, 7) is 0. The van der Waals surface area contributed by atoms with E-state index in [4.69, 9.17) is 32.7 Å². The maximum atomic E-state index is 12.3. The highest BCUT2D eigenvalue weighted by atomic mass is 35.5. The minimum Gasteiger partial charge on any atom is -0.423 e. The minimum absolute atomic E-state index is 0.0139. The van der Waals surface area contributed by atoms with Gasteiger partial charge >= 0.3 is 11.9 Å². The largest absolute Gasteiger partial charge is 0.423 e. The van der Waals surface area contributed by atoms with E-state index in [-0.39, 0.29) is 32.7 Å². The molecule has 0 spiro atoms. The van der Waals surface area contributed by atoms with Crippen molar-refractivity contribution >= 4 is 46.5 Å². The summed E-state index contributed by atoms with van der Waals surface area (Å²) in [6, 6.07) is 12.3. The molecule has 0 radical (unpaired) electrons. The van der Waals surface area contributed by atoms with Crippen LogP contribution in [0.3, 0.4) is 0 Å². The second-order valence-corrected chi connectivity index (χ2v) is 6.91. The zero-order valence-corrected chi connectivity index (χ0v) is 17.2. The molecule has 0 atom stereocenters. The molecule has 0 aliphatic heterocycles. The molecule has 0 fully saturated rings. The van der Waals surface area contributed by atoms with Crippen molar-refractivity contribution in [2.45, 2.75) is 0 Å². The van der Waals surface area contributed by atoms with Crippen molar-refractivity contribution in [1.82, 2.24) is 0 Å². The lowest BCUT2D eigenvalue weighted by molar-refractivity contribution is -0.384.